The van der Waals surface area contributed by atoms with Crippen molar-refractivity contribution in [3.05, 3.63) is 41.7 Å². The number of aryl methyl sites for hydroxylation is 1. The first kappa shape index (κ1) is 11.1. The SMILES string of the molecule is Cc1nc(N(Cc2ccccc2)C2CC2)c(N)[nH]1. The molecule has 18 heavy (non-hydrogen) atoms. The molecule has 0 saturated heterocycles. The maximum atomic E-state index is 6.00. The van der Waals surface area contributed by atoms with Crippen LogP contribution in [0.2, 0.25) is 0 Å². The lowest BCUT2D eigenvalue weighted by Crippen LogP contribution is -2.26. The molecule has 94 valence electrons. The summed E-state index contributed by atoms with van der Waals surface area (Å²) >= 11 is 0. The van der Waals surface area contributed by atoms with Gasteiger partial charge in [0.2, 0.25) is 0 Å². The van der Waals surface area contributed by atoms with Crippen molar-refractivity contribution >= 4 is 11.6 Å². The molecule has 4 nitrogen and oxygen atoms in total. The molecule has 0 radical (unpaired) electrons. The molecule has 1 heterocycles. The predicted octanol–water partition coefficient (Wildman–Crippen LogP) is 2.47. The van der Waals surface area contributed by atoms with Crippen LogP contribution in [-0.2, 0) is 6.54 Å². The molecule has 3 rings (SSSR count). The average Bonchev–Trinajstić information content (AvgIpc) is 3.14. The Kier molecular flexibility index (Phi) is 2.70. The second-order valence-corrected chi connectivity index (χ2v) is 4.90. The predicted molar refractivity (Wildman–Crippen MR) is 73.4 cm³/mol. The summed E-state index contributed by atoms with van der Waals surface area (Å²) in [6, 6.07) is 11.1. The molecular formula is C14H18N4. The minimum atomic E-state index is 0.593. The summed E-state index contributed by atoms with van der Waals surface area (Å²) in [6.45, 7) is 2.81. The van der Waals surface area contributed by atoms with E-state index in [4.69, 9.17) is 5.73 Å². The van der Waals surface area contributed by atoms with Crippen molar-refractivity contribution in [1.82, 2.24) is 9.97 Å². The van der Waals surface area contributed by atoms with Gasteiger partial charge in [-0.05, 0) is 25.3 Å². The van der Waals surface area contributed by atoms with Gasteiger partial charge in [0.15, 0.2) is 5.82 Å². The second-order valence-electron chi connectivity index (χ2n) is 4.90. The van der Waals surface area contributed by atoms with Gasteiger partial charge in [0, 0.05) is 12.6 Å². The van der Waals surface area contributed by atoms with E-state index in [9.17, 15) is 0 Å². The van der Waals surface area contributed by atoms with Gasteiger partial charge in [0.25, 0.3) is 0 Å². The number of hydrogen-bond donors (Lipinski definition) is 2. The molecule has 1 aromatic heterocycles. The zero-order chi connectivity index (χ0) is 12.5. The number of nitrogen functional groups attached to an aromatic ring is 1. The van der Waals surface area contributed by atoms with Crippen LogP contribution in [0.5, 0.6) is 0 Å². The van der Waals surface area contributed by atoms with Gasteiger partial charge >= 0.3 is 0 Å². The zero-order valence-corrected chi connectivity index (χ0v) is 10.6. The highest BCUT2D eigenvalue weighted by Crippen LogP contribution is 2.34. The van der Waals surface area contributed by atoms with Crippen LogP contribution in [0.1, 0.15) is 24.2 Å². The number of imidazole rings is 1. The Morgan fingerprint density at radius 1 is 1.33 bits per heavy atom. The van der Waals surface area contributed by atoms with E-state index in [0.717, 1.165) is 18.2 Å². The molecule has 3 N–H and O–H groups in total. The van der Waals surface area contributed by atoms with E-state index in [1.54, 1.807) is 0 Å². The highest BCUT2D eigenvalue weighted by atomic mass is 15.3. The highest BCUT2D eigenvalue weighted by molar-refractivity contribution is 5.60. The van der Waals surface area contributed by atoms with Gasteiger partial charge in [-0.15, -0.1) is 0 Å². The van der Waals surface area contributed by atoms with Gasteiger partial charge < -0.3 is 15.6 Å². The molecule has 0 bridgehead atoms. The molecule has 0 atom stereocenters. The lowest BCUT2D eigenvalue weighted by Gasteiger charge is -2.22. The molecule has 1 fully saturated rings. The summed E-state index contributed by atoms with van der Waals surface area (Å²) in [5, 5.41) is 0. The topological polar surface area (TPSA) is 57.9 Å². The quantitative estimate of drug-likeness (QED) is 0.866. The lowest BCUT2D eigenvalue weighted by molar-refractivity contribution is 0.782. The van der Waals surface area contributed by atoms with E-state index in [-0.39, 0.29) is 0 Å². The molecule has 0 amide bonds. The standard InChI is InChI=1S/C14H18N4/c1-10-16-13(15)14(17-10)18(12-7-8-12)9-11-5-3-2-4-6-11/h2-6,12H,7-9,15H2,1H3,(H,16,17). The van der Waals surface area contributed by atoms with E-state index in [0.29, 0.717) is 11.9 Å². The van der Waals surface area contributed by atoms with E-state index in [2.05, 4.69) is 39.1 Å². The first-order valence-electron chi connectivity index (χ1n) is 6.36. The number of nitrogens with one attached hydrogen (secondary N) is 1. The first-order chi connectivity index (χ1) is 8.74. The largest absolute Gasteiger partial charge is 0.382 e. The number of anilines is 2. The van der Waals surface area contributed by atoms with Crippen LogP contribution >= 0.6 is 0 Å². The fourth-order valence-corrected chi connectivity index (χ4v) is 2.26. The fraction of sp³-hybridized carbons (Fsp3) is 0.357. The molecule has 0 spiro atoms. The minimum absolute atomic E-state index is 0.593. The van der Waals surface area contributed by atoms with Gasteiger partial charge in [-0.2, -0.15) is 0 Å². The van der Waals surface area contributed by atoms with Crippen molar-refractivity contribution in [2.45, 2.75) is 32.4 Å². The Hall–Kier alpha value is -1.97. The Labute approximate surface area is 107 Å². The molecule has 1 aromatic carbocycles. The third-order valence-corrected chi connectivity index (χ3v) is 3.29. The molecule has 1 aliphatic carbocycles. The second kappa shape index (κ2) is 4.37. The normalized spacial score (nSPS) is 14.7. The van der Waals surface area contributed by atoms with Gasteiger partial charge in [0.05, 0.1) is 0 Å². The van der Waals surface area contributed by atoms with Gasteiger partial charge in [-0.3, -0.25) is 0 Å². The first-order valence-corrected chi connectivity index (χ1v) is 6.36. The van der Waals surface area contributed by atoms with E-state index in [1.165, 1.54) is 18.4 Å². The Morgan fingerprint density at radius 3 is 2.61 bits per heavy atom. The zero-order valence-electron chi connectivity index (χ0n) is 10.6. The highest BCUT2D eigenvalue weighted by Gasteiger charge is 2.31. The molecule has 2 aromatic rings. The summed E-state index contributed by atoms with van der Waals surface area (Å²) < 4.78 is 0. The summed E-state index contributed by atoms with van der Waals surface area (Å²) in [7, 11) is 0. The number of benzene rings is 1. The van der Waals surface area contributed by atoms with E-state index < -0.39 is 0 Å². The van der Waals surface area contributed by atoms with Crippen LogP contribution in [0.3, 0.4) is 0 Å². The number of rotatable bonds is 4. The van der Waals surface area contributed by atoms with Crippen LogP contribution in [0, 0.1) is 6.92 Å². The van der Waals surface area contributed by atoms with Crippen LogP contribution in [-0.4, -0.2) is 16.0 Å². The molecule has 4 heteroatoms. The number of aromatic amines is 1. The van der Waals surface area contributed by atoms with E-state index >= 15 is 0 Å². The summed E-state index contributed by atoms with van der Waals surface area (Å²) in [5.41, 5.74) is 7.30. The summed E-state index contributed by atoms with van der Waals surface area (Å²) in [4.78, 5) is 9.91. The lowest BCUT2D eigenvalue weighted by atomic mass is 10.2. The van der Waals surface area contributed by atoms with Crippen molar-refractivity contribution in [1.29, 1.82) is 0 Å². The van der Waals surface area contributed by atoms with Gasteiger partial charge in [-0.25, -0.2) is 4.98 Å². The number of nitrogens with zero attached hydrogens (tertiary/aromatic N) is 2. The minimum Gasteiger partial charge on any atom is -0.382 e. The van der Waals surface area contributed by atoms with Crippen LogP contribution in [0.25, 0.3) is 0 Å². The molecule has 0 unspecified atom stereocenters. The van der Waals surface area contributed by atoms with Crippen molar-refractivity contribution in [2.75, 3.05) is 10.6 Å². The van der Waals surface area contributed by atoms with Gasteiger partial charge in [-0.1, -0.05) is 30.3 Å². The maximum absolute atomic E-state index is 6.00. The van der Waals surface area contributed by atoms with Crippen molar-refractivity contribution in [3.8, 4) is 0 Å². The van der Waals surface area contributed by atoms with Crippen LogP contribution in [0.4, 0.5) is 11.6 Å². The third kappa shape index (κ3) is 2.18. The number of H-pyrrole nitrogens is 1. The Morgan fingerprint density at radius 2 is 2.06 bits per heavy atom. The smallest absolute Gasteiger partial charge is 0.171 e. The molecule has 1 aliphatic rings. The monoisotopic (exact) mass is 242 g/mol. The van der Waals surface area contributed by atoms with Crippen LogP contribution in [0.15, 0.2) is 30.3 Å². The van der Waals surface area contributed by atoms with Crippen molar-refractivity contribution in [2.24, 2.45) is 0 Å². The third-order valence-electron chi connectivity index (χ3n) is 3.29. The fourth-order valence-electron chi connectivity index (χ4n) is 2.26. The maximum Gasteiger partial charge on any atom is 0.171 e. The Bertz CT molecular complexity index is 528. The summed E-state index contributed by atoms with van der Waals surface area (Å²) in [5.74, 6) is 2.45. The molecule has 1 saturated carbocycles. The molecule has 0 aliphatic heterocycles. The number of hydrogen-bond acceptors (Lipinski definition) is 3. The van der Waals surface area contributed by atoms with E-state index in [1.807, 2.05) is 13.0 Å². The van der Waals surface area contributed by atoms with Crippen molar-refractivity contribution in [3.63, 3.8) is 0 Å². The molecular weight excluding hydrogens is 224 g/mol. The average molecular weight is 242 g/mol. The Balaban J connectivity index is 1.87. The van der Waals surface area contributed by atoms with Crippen LogP contribution < -0.4 is 10.6 Å². The summed E-state index contributed by atoms with van der Waals surface area (Å²) in [6.07, 6.45) is 2.47. The van der Waals surface area contributed by atoms with Gasteiger partial charge in [0.1, 0.15) is 11.6 Å². The van der Waals surface area contributed by atoms with Crippen molar-refractivity contribution < 1.29 is 0 Å². The number of aromatic nitrogens is 2. The number of nitrogens with two attached hydrogens (primary N) is 1.